The Morgan fingerprint density at radius 3 is 3.00 bits per heavy atom. The second-order valence-electron chi connectivity index (χ2n) is 2.68. The van der Waals surface area contributed by atoms with Gasteiger partial charge in [-0.3, -0.25) is 4.79 Å². The molecule has 11 heavy (non-hydrogen) atoms. The summed E-state index contributed by atoms with van der Waals surface area (Å²) in [6, 6.07) is 0. The van der Waals surface area contributed by atoms with E-state index in [9.17, 15) is 4.79 Å². The van der Waals surface area contributed by atoms with E-state index in [0.29, 0.717) is 13.0 Å². The Kier molecular flexibility index (Phi) is 2.81. The summed E-state index contributed by atoms with van der Waals surface area (Å²) in [7, 11) is 0. The fraction of sp³-hybridized carbons (Fsp3) is 0.833. The molecule has 0 spiro atoms. The number of hydroxylamine groups is 1. The number of hydrogen-bond donors (Lipinski definition) is 3. The highest BCUT2D eigenvalue weighted by molar-refractivity contribution is 5.78. The number of likely N-dealkylation sites (tertiary alicyclic amines) is 1. The number of amides is 1. The van der Waals surface area contributed by atoms with Crippen molar-refractivity contribution in [3.05, 3.63) is 0 Å². The zero-order valence-electron chi connectivity index (χ0n) is 6.29. The second kappa shape index (κ2) is 3.66. The molecule has 4 N–H and O–H groups in total. The summed E-state index contributed by atoms with van der Waals surface area (Å²) < 4.78 is 0. The molecule has 1 unspecified atom stereocenters. The van der Waals surface area contributed by atoms with Gasteiger partial charge in [-0.15, -0.1) is 0 Å². The third-order valence-corrected chi connectivity index (χ3v) is 1.75. The number of nitrogens with zero attached hydrogens (tertiary/aromatic N) is 1. The van der Waals surface area contributed by atoms with Gasteiger partial charge in [0.1, 0.15) is 0 Å². The summed E-state index contributed by atoms with van der Waals surface area (Å²) in [5.41, 5.74) is 7.26. The van der Waals surface area contributed by atoms with Crippen molar-refractivity contribution in [1.29, 1.82) is 0 Å². The minimum Gasteiger partial charge on any atom is -0.340 e. The van der Waals surface area contributed by atoms with E-state index in [4.69, 9.17) is 10.9 Å². The van der Waals surface area contributed by atoms with Gasteiger partial charge in [0.25, 0.3) is 0 Å². The van der Waals surface area contributed by atoms with Crippen molar-refractivity contribution >= 4 is 5.91 Å². The molecule has 0 radical (unpaired) electrons. The van der Waals surface area contributed by atoms with E-state index in [1.54, 1.807) is 4.90 Å². The van der Waals surface area contributed by atoms with Gasteiger partial charge in [0.15, 0.2) is 0 Å². The second-order valence-corrected chi connectivity index (χ2v) is 2.68. The van der Waals surface area contributed by atoms with Crippen LogP contribution in [0.25, 0.3) is 0 Å². The normalized spacial score (nSPS) is 20.9. The lowest BCUT2D eigenvalue weighted by atomic mass is 10.4. The van der Waals surface area contributed by atoms with Crippen molar-refractivity contribution in [2.24, 2.45) is 5.73 Å². The van der Waals surface area contributed by atoms with Gasteiger partial charge in [0, 0.05) is 13.0 Å². The molecule has 1 aliphatic heterocycles. The lowest BCUT2D eigenvalue weighted by Crippen LogP contribution is -2.46. The van der Waals surface area contributed by atoms with Gasteiger partial charge in [0.2, 0.25) is 5.91 Å². The third-order valence-electron chi connectivity index (χ3n) is 1.75. The SMILES string of the molecule is NC(CN1CCCC1=O)NO. The summed E-state index contributed by atoms with van der Waals surface area (Å²) in [5, 5.41) is 8.37. The molecule has 0 aromatic carbocycles. The molecular weight excluding hydrogens is 146 g/mol. The van der Waals surface area contributed by atoms with Gasteiger partial charge < -0.3 is 15.8 Å². The van der Waals surface area contributed by atoms with E-state index in [1.807, 2.05) is 5.48 Å². The molecule has 1 saturated heterocycles. The fourth-order valence-electron chi connectivity index (χ4n) is 1.18. The van der Waals surface area contributed by atoms with E-state index in [-0.39, 0.29) is 5.91 Å². The molecule has 5 nitrogen and oxygen atoms in total. The molecule has 1 amide bonds. The average molecular weight is 159 g/mol. The lowest BCUT2D eigenvalue weighted by Gasteiger charge is -2.18. The van der Waals surface area contributed by atoms with Gasteiger partial charge in [-0.2, -0.15) is 5.48 Å². The highest BCUT2D eigenvalue weighted by Crippen LogP contribution is 2.08. The minimum atomic E-state index is -0.531. The summed E-state index contributed by atoms with van der Waals surface area (Å²) in [4.78, 5) is 12.6. The van der Waals surface area contributed by atoms with E-state index in [0.717, 1.165) is 13.0 Å². The Hall–Kier alpha value is -0.650. The molecule has 0 aromatic heterocycles. The number of nitrogens with one attached hydrogen (secondary N) is 1. The van der Waals surface area contributed by atoms with Crippen molar-refractivity contribution in [3.8, 4) is 0 Å². The summed E-state index contributed by atoms with van der Waals surface area (Å²) in [6.45, 7) is 1.14. The Balaban J connectivity index is 2.30. The Bertz CT molecular complexity index is 151. The first-order chi connectivity index (χ1) is 5.24. The molecule has 0 aromatic rings. The maximum Gasteiger partial charge on any atom is 0.222 e. The summed E-state index contributed by atoms with van der Waals surface area (Å²) in [5.74, 6) is 0.121. The van der Waals surface area contributed by atoms with Crippen LogP contribution < -0.4 is 11.2 Å². The maximum absolute atomic E-state index is 11.0. The predicted octanol–water partition coefficient (Wildman–Crippen LogP) is -1.13. The third kappa shape index (κ3) is 2.14. The first-order valence-corrected chi connectivity index (χ1v) is 3.67. The van der Waals surface area contributed by atoms with Crippen molar-refractivity contribution in [2.45, 2.75) is 19.0 Å². The lowest BCUT2D eigenvalue weighted by molar-refractivity contribution is -0.128. The van der Waals surface area contributed by atoms with Gasteiger partial charge in [-0.25, -0.2) is 0 Å². The van der Waals surface area contributed by atoms with E-state index in [2.05, 4.69) is 0 Å². The van der Waals surface area contributed by atoms with Crippen molar-refractivity contribution < 1.29 is 10.0 Å². The zero-order chi connectivity index (χ0) is 8.27. The van der Waals surface area contributed by atoms with Crippen LogP contribution in [0.15, 0.2) is 0 Å². The van der Waals surface area contributed by atoms with Crippen LogP contribution in [-0.4, -0.2) is 35.3 Å². The molecule has 0 saturated carbocycles. The first kappa shape index (κ1) is 8.45. The zero-order valence-corrected chi connectivity index (χ0v) is 6.29. The molecule has 1 atom stereocenters. The number of carbonyl (C=O) groups is 1. The Labute approximate surface area is 65.1 Å². The molecular formula is C6H13N3O2. The molecule has 64 valence electrons. The van der Waals surface area contributed by atoms with Gasteiger partial charge in [-0.1, -0.05) is 0 Å². The van der Waals surface area contributed by atoms with Crippen LogP contribution >= 0.6 is 0 Å². The number of rotatable bonds is 3. The van der Waals surface area contributed by atoms with E-state index < -0.39 is 6.17 Å². The van der Waals surface area contributed by atoms with E-state index >= 15 is 0 Å². The quantitative estimate of drug-likeness (QED) is 0.360. The molecule has 0 aliphatic carbocycles. The van der Waals surface area contributed by atoms with Crippen molar-refractivity contribution in [3.63, 3.8) is 0 Å². The van der Waals surface area contributed by atoms with Crippen LogP contribution in [0, 0.1) is 0 Å². The van der Waals surface area contributed by atoms with Crippen molar-refractivity contribution in [1.82, 2.24) is 10.4 Å². The van der Waals surface area contributed by atoms with Crippen LogP contribution in [0.1, 0.15) is 12.8 Å². The van der Waals surface area contributed by atoms with Crippen LogP contribution in [0.2, 0.25) is 0 Å². The van der Waals surface area contributed by atoms with Crippen LogP contribution in [0.5, 0.6) is 0 Å². The molecule has 5 heteroatoms. The largest absolute Gasteiger partial charge is 0.340 e. The van der Waals surface area contributed by atoms with Crippen LogP contribution in [0.3, 0.4) is 0 Å². The molecule has 0 bridgehead atoms. The molecule has 1 heterocycles. The Morgan fingerprint density at radius 1 is 1.82 bits per heavy atom. The van der Waals surface area contributed by atoms with Gasteiger partial charge in [-0.05, 0) is 6.42 Å². The molecule has 1 fully saturated rings. The summed E-state index contributed by atoms with van der Waals surface area (Å²) in [6.07, 6.45) is 0.979. The smallest absolute Gasteiger partial charge is 0.222 e. The fourth-order valence-corrected chi connectivity index (χ4v) is 1.18. The monoisotopic (exact) mass is 159 g/mol. The van der Waals surface area contributed by atoms with Gasteiger partial charge in [0.05, 0.1) is 12.7 Å². The number of carbonyl (C=O) groups excluding carboxylic acids is 1. The predicted molar refractivity (Wildman–Crippen MR) is 38.7 cm³/mol. The highest BCUT2D eigenvalue weighted by Gasteiger charge is 2.21. The average Bonchev–Trinajstić information content (AvgIpc) is 2.37. The Morgan fingerprint density at radius 2 is 2.55 bits per heavy atom. The minimum absolute atomic E-state index is 0.121. The van der Waals surface area contributed by atoms with Crippen LogP contribution in [0.4, 0.5) is 0 Å². The van der Waals surface area contributed by atoms with Gasteiger partial charge >= 0.3 is 0 Å². The molecule has 1 rings (SSSR count). The van der Waals surface area contributed by atoms with E-state index in [1.165, 1.54) is 0 Å². The van der Waals surface area contributed by atoms with Crippen LogP contribution in [-0.2, 0) is 4.79 Å². The first-order valence-electron chi connectivity index (χ1n) is 3.67. The summed E-state index contributed by atoms with van der Waals surface area (Å²) >= 11 is 0. The maximum atomic E-state index is 11.0. The topological polar surface area (TPSA) is 78.6 Å². The number of hydrogen-bond acceptors (Lipinski definition) is 4. The highest BCUT2D eigenvalue weighted by atomic mass is 16.5. The molecule has 1 aliphatic rings. The standard InChI is InChI=1S/C6H13N3O2/c7-5(8-11)4-9-3-1-2-6(9)10/h5,8,11H,1-4,7H2. The number of nitrogens with two attached hydrogens (primary N) is 1. The van der Waals surface area contributed by atoms with Crippen molar-refractivity contribution in [2.75, 3.05) is 13.1 Å².